The van der Waals surface area contributed by atoms with Gasteiger partial charge in [-0.2, -0.15) is 0 Å². The maximum absolute atomic E-state index is 13.3. The topological polar surface area (TPSA) is 157 Å². The lowest BCUT2D eigenvalue weighted by Gasteiger charge is -2.58. The first kappa shape index (κ1) is 28.0. The molecule has 6 aliphatic rings. The number of fused-ring (bicyclic) bond motifs is 1. The van der Waals surface area contributed by atoms with Gasteiger partial charge in [-0.15, -0.1) is 0 Å². The van der Waals surface area contributed by atoms with Crippen molar-refractivity contribution >= 4 is 11.9 Å². The normalized spacial score (nSPS) is 52.6. The highest BCUT2D eigenvalue weighted by Gasteiger charge is 2.83. The summed E-state index contributed by atoms with van der Waals surface area (Å²) >= 11 is 0. The number of epoxide rings is 2. The number of hydrogen-bond donors (Lipinski definition) is 3. The van der Waals surface area contributed by atoms with Gasteiger partial charge >= 0.3 is 11.9 Å². The molecular formula is C29H38O11. The van der Waals surface area contributed by atoms with Crippen molar-refractivity contribution in [1.82, 2.24) is 0 Å². The van der Waals surface area contributed by atoms with E-state index in [9.17, 15) is 24.9 Å². The minimum absolute atomic E-state index is 0.134. The van der Waals surface area contributed by atoms with Crippen LogP contribution in [0.1, 0.15) is 40.5 Å². The molecule has 0 amide bonds. The fourth-order valence-corrected chi connectivity index (χ4v) is 7.38. The first-order valence-electron chi connectivity index (χ1n) is 13.9. The lowest BCUT2D eigenvalue weighted by molar-refractivity contribution is -0.239. The zero-order valence-corrected chi connectivity index (χ0v) is 23.1. The second-order valence-electron chi connectivity index (χ2n) is 12.5. The molecule has 2 spiro atoms. The lowest BCUT2D eigenvalue weighted by Crippen LogP contribution is -2.68. The number of allylic oxidation sites excluding steroid dienone is 2. The number of ether oxygens (including phenoxy) is 6. The molecule has 6 rings (SSSR count). The van der Waals surface area contributed by atoms with Gasteiger partial charge in [0.2, 0.25) is 0 Å². The first-order valence-corrected chi connectivity index (χ1v) is 13.9. The second kappa shape index (κ2) is 9.45. The third-order valence-electron chi connectivity index (χ3n) is 10.3. The lowest BCUT2D eigenvalue weighted by atomic mass is 9.51. The minimum atomic E-state index is -1.22. The van der Waals surface area contributed by atoms with Crippen LogP contribution < -0.4 is 0 Å². The van der Waals surface area contributed by atoms with Crippen LogP contribution in [0.5, 0.6) is 0 Å². The number of esters is 2. The SMILES string of the molecule is CC1=C[C@H]2O[C@@H]3C[C@H]4OC(=O)/C=C\C=C\[C@H]([C@H](C)O)OC[C@H](O)[C@@]5(C)O[C@@H]5C(=O)OCC2(C[C@H]1O)[C@]4(C)C31CO1. The number of carbonyl (C=O) groups excluding carboxylic acids is 2. The third-order valence-corrected chi connectivity index (χ3v) is 10.3. The summed E-state index contributed by atoms with van der Waals surface area (Å²) in [6.07, 6.45) is 2.24. The molecule has 2 unspecified atom stereocenters. The van der Waals surface area contributed by atoms with Gasteiger partial charge in [0.05, 0.1) is 43.0 Å². The Bertz CT molecular complexity index is 1160. The van der Waals surface area contributed by atoms with Gasteiger partial charge in [-0.3, -0.25) is 0 Å². The molecule has 2 aliphatic carbocycles. The summed E-state index contributed by atoms with van der Waals surface area (Å²) in [4.78, 5) is 26.3. The van der Waals surface area contributed by atoms with E-state index in [4.69, 9.17) is 28.4 Å². The van der Waals surface area contributed by atoms with Crippen LogP contribution in [0.25, 0.3) is 0 Å². The Balaban J connectivity index is 1.38. The highest BCUT2D eigenvalue weighted by molar-refractivity contribution is 5.82. The summed E-state index contributed by atoms with van der Waals surface area (Å²) in [5.41, 5.74) is -3.03. The predicted molar refractivity (Wildman–Crippen MR) is 137 cm³/mol. The molecule has 4 fully saturated rings. The molecule has 0 aromatic heterocycles. The summed E-state index contributed by atoms with van der Waals surface area (Å²) in [6, 6.07) is 0. The maximum atomic E-state index is 13.3. The Morgan fingerprint density at radius 2 is 1.85 bits per heavy atom. The van der Waals surface area contributed by atoms with Crippen molar-refractivity contribution in [3.05, 3.63) is 36.0 Å². The van der Waals surface area contributed by atoms with E-state index in [1.54, 1.807) is 26.0 Å². The number of aliphatic hydroxyl groups excluding tert-OH is 3. The average Bonchev–Trinajstić information content (AvgIpc) is 3.81. The zero-order chi connectivity index (χ0) is 28.7. The van der Waals surface area contributed by atoms with Gasteiger partial charge in [-0.25, -0.2) is 9.59 Å². The molecule has 2 bridgehead atoms. The van der Waals surface area contributed by atoms with Crippen LogP contribution in [0, 0.1) is 10.8 Å². The van der Waals surface area contributed by atoms with Crippen molar-refractivity contribution in [2.24, 2.45) is 10.8 Å². The van der Waals surface area contributed by atoms with Crippen LogP contribution in [0.15, 0.2) is 36.0 Å². The maximum Gasteiger partial charge on any atom is 0.338 e. The van der Waals surface area contributed by atoms with Gasteiger partial charge in [0.15, 0.2) is 6.10 Å². The number of carbonyl (C=O) groups is 2. The number of aliphatic hydroxyl groups is 3. The molecule has 0 aromatic rings. The Kier molecular flexibility index (Phi) is 6.62. The molecule has 3 N–H and O–H groups in total. The highest BCUT2D eigenvalue weighted by Crippen LogP contribution is 2.72. The van der Waals surface area contributed by atoms with E-state index in [2.05, 4.69) is 0 Å². The molecule has 11 nitrogen and oxygen atoms in total. The molecule has 0 radical (unpaired) electrons. The number of hydrogen-bond acceptors (Lipinski definition) is 11. The van der Waals surface area contributed by atoms with Gasteiger partial charge in [-0.1, -0.05) is 31.2 Å². The third kappa shape index (κ3) is 3.97. The van der Waals surface area contributed by atoms with Crippen LogP contribution in [0.3, 0.4) is 0 Å². The van der Waals surface area contributed by atoms with Crippen molar-refractivity contribution in [3.63, 3.8) is 0 Å². The second-order valence-corrected chi connectivity index (χ2v) is 12.5. The standard InChI is InChI=1S/C29H38O11/c1-15-9-21-28(11-17(15)31)13-36-25(34)24-26(3,40-24)19(32)12-35-18(16(2)30)7-5-6-8-23(33)39-20-10-22(38-21)29(14-37-29)27(20,28)4/h5-9,16-22,24,30-32H,10-14H2,1-4H3/b7-5+,8-6-/t16-,17+,18+,19-,20+,21+,22+,24+,26+,27+,28?,29?/m0/s1. The molecule has 12 atom stereocenters. The van der Waals surface area contributed by atoms with Crippen LogP contribution in [-0.4, -0.2) is 107 Å². The van der Waals surface area contributed by atoms with Crippen LogP contribution in [-0.2, 0) is 38.0 Å². The molecule has 11 heteroatoms. The molecular weight excluding hydrogens is 524 g/mol. The van der Waals surface area contributed by atoms with Crippen molar-refractivity contribution < 1.29 is 53.3 Å². The van der Waals surface area contributed by atoms with Gasteiger partial charge in [0.25, 0.3) is 0 Å². The van der Waals surface area contributed by atoms with E-state index in [-0.39, 0.29) is 25.7 Å². The summed E-state index contributed by atoms with van der Waals surface area (Å²) in [5, 5.41) is 31.9. The smallest absolute Gasteiger partial charge is 0.338 e. The molecule has 4 aliphatic heterocycles. The van der Waals surface area contributed by atoms with E-state index >= 15 is 0 Å². The molecule has 3 saturated heterocycles. The Morgan fingerprint density at radius 3 is 2.55 bits per heavy atom. The quantitative estimate of drug-likeness (QED) is 0.232. The van der Waals surface area contributed by atoms with Crippen LogP contribution in [0.4, 0.5) is 0 Å². The largest absolute Gasteiger partial charge is 0.463 e. The molecule has 4 heterocycles. The monoisotopic (exact) mass is 562 g/mol. The molecule has 220 valence electrons. The van der Waals surface area contributed by atoms with Crippen molar-refractivity contribution in [2.45, 2.75) is 101 Å². The van der Waals surface area contributed by atoms with Gasteiger partial charge < -0.3 is 43.7 Å². The highest BCUT2D eigenvalue weighted by atomic mass is 16.7. The summed E-state index contributed by atoms with van der Waals surface area (Å²) in [5.74, 6) is -1.23. The summed E-state index contributed by atoms with van der Waals surface area (Å²) in [6.45, 7) is 7.03. The Labute approximate surface area is 232 Å². The molecule has 1 saturated carbocycles. The minimum Gasteiger partial charge on any atom is -0.463 e. The zero-order valence-electron chi connectivity index (χ0n) is 23.1. The predicted octanol–water partition coefficient (Wildman–Crippen LogP) is 0.496. The molecule has 40 heavy (non-hydrogen) atoms. The van der Waals surface area contributed by atoms with Crippen molar-refractivity contribution in [2.75, 3.05) is 19.8 Å². The molecule has 0 aromatic carbocycles. The van der Waals surface area contributed by atoms with Gasteiger partial charge in [0.1, 0.15) is 36.1 Å². The Morgan fingerprint density at radius 1 is 1.10 bits per heavy atom. The fourth-order valence-electron chi connectivity index (χ4n) is 7.38. The number of cyclic esters (lactones) is 1. The van der Waals surface area contributed by atoms with Gasteiger partial charge in [-0.05, 0) is 32.8 Å². The van der Waals surface area contributed by atoms with E-state index < -0.39 is 76.7 Å². The van der Waals surface area contributed by atoms with E-state index in [1.807, 2.05) is 19.9 Å². The first-order chi connectivity index (χ1) is 18.9. The summed E-state index contributed by atoms with van der Waals surface area (Å²) < 4.78 is 35.9. The summed E-state index contributed by atoms with van der Waals surface area (Å²) in [7, 11) is 0. The van der Waals surface area contributed by atoms with Crippen LogP contribution >= 0.6 is 0 Å². The average molecular weight is 563 g/mol. The van der Waals surface area contributed by atoms with E-state index in [0.29, 0.717) is 13.0 Å². The Hall–Kier alpha value is -2.12. The van der Waals surface area contributed by atoms with E-state index in [1.165, 1.54) is 12.2 Å². The number of rotatable bonds is 1. The van der Waals surface area contributed by atoms with Crippen LogP contribution in [0.2, 0.25) is 0 Å². The van der Waals surface area contributed by atoms with Crippen molar-refractivity contribution in [1.29, 1.82) is 0 Å². The fraction of sp³-hybridized carbons (Fsp3) is 0.724. The van der Waals surface area contributed by atoms with Gasteiger partial charge in [0, 0.05) is 17.9 Å². The van der Waals surface area contributed by atoms with E-state index in [0.717, 1.165) is 5.57 Å². The van der Waals surface area contributed by atoms with Crippen molar-refractivity contribution in [3.8, 4) is 0 Å².